The summed E-state index contributed by atoms with van der Waals surface area (Å²) in [6.45, 7) is 8.08. The minimum absolute atomic E-state index is 0.430. The number of nitrogens with zero attached hydrogens (tertiary/aromatic N) is 2. The molecule has 1 aliphatic heterocycles. The molecule has 1 saturated heterocycles. The number of piperazine rings is 1. The van der Waals surface area contributed by atoms with Crippen LogP contribution in [0.3, 0.4) is 0 Å². The highest BCUT2D eigenvalue weighted by Crippen LogP contribution is 2.22. The average molecular weight is 381 g/mol. The summed E-state index contributed by atoms with van der Waals surface area (Å²) >= 11 is 1.27. The van der Waals surface area contributed by atoms with Crippen molar-refractivity contribution >= 4 is 21.4 Å². The van der Waals surface area contributed by atoms with E-state index >= 15 is 0 Å². The molecule has 1 aromatic heterocycles. The maximum Gasteiger partial charge on any atom is 0.252 e. The predicted octanol–water partition coefficient (Wildman–Crippen LogP) is 2.75. The van der Waals surface area contributed by atoms with Gasteiger partial charge in [0.15, 0.2) is 0 Å². The number of benzene rings is 1. The molecular formula is C18H24N2O3S2. The van der Waals surface area contributed by atoms with E-state index in [0.29, 0.717) is 23.9 Å². The summed E-state index contributed by atoms with van der Waals surface area (Å²) in [5.74, 6) is 0.899. The van der Waals surface area contributed by atoms with Crippen molar-refractivity contribution in [3.05, 3.63) is 46.8 Å². The standard InChI is InChI=1S/C18H24N2O3S2/c1-15-12-16(2)14-17(13-15)23-10-9-19-5-7-20(8-6-19)25(21,22)18-4-3-11-24-18/h3-4,11-14H,5-10H2,1-2H3. The fourth-order valence-electron chi connectivity index (χ4n) is 3.04. The van der Waals surface area contributed by atoms with Crippen molar-refractivity contribution in [1.82, 2.24) is 9.21 Å². The molecule has 136 valence electrons. The second-order valence-electron chi connectivity index (χ2n) is 6.35. The number of hydrogen-bond acceptors (Lipinski definition) is 5. The van der Waals surface area contributed by atoms with Crippen molar-refractivity contribution in [2.75, 3.05) is 39.3 Å². The van der Waals surface area contributed by atoms with Crippen LogP contribution in [-0.2, 0) is 10.0 Å². The molecule has 0 bridgehead atoms. The first-order valence-corrected chi connectivity index (χ1v) is 10.7. The van der Waals surface area contributed by atoms with Crippen LogP contribution in [0.15, 0.2) is 39.9 Å². The van der Waals surface area contributed by atoms with Gasteiger partial charge in [-0.05, 0) is 48.6 Å². The fourth-order valence-corrected chi connectivity index (χ4v) is 5.61. The molecule has 7 heteroatoms. The van der Waals surface area contributed by atoms with Crippen LogP contribution in [0.2, 0.25) is 0 Å². The van der Waals surface area contributed by atoms with Gasteiger partial charge >= 0.3 is 0 Å². The van der Waals surface area contributed by atoms with Gasteiger partial charge in [-0.1, -0.05) is 12.1 Å². The normalized spacial score (nSPS) is 16.9. The van der Waals surface area contributed by atoms with Crippen molar-refractivity contribution in [3.63, 3.8) is 0 Å². The molecular weight excluding hydrogens is 356 g/mol. The van der Waals surface area contributed by atoms with Crippen molar-refractivity contribution in [2.45, 2.75) is 18.1 Å². The highest BCUT2D eigenvalue weighted by molar-refractivity contribution is 7.91. The van der Waals surface area contributed by atoms with E-state index in [1.807, 2.05) is 12.1 Å². The van der Waals surface area contributed by atoms with Gasteiger partial charge in [-0.2, -0.15) is 4.31 Å². The van der Waals surface area contributed by atoms with Crippen molar-refractivity contribution in [2.24, 2.45) is 0 Å². The molecule has 0 N–H and O–H groups in total. The van der Waals surface area contributed by atoms with Gasteiger partial charge in [-0.15, -0.1) is 11.3 Å². The van der Waals surface area contributed by atoms with E-state index in [0.717, 1.165) is 25.4 Å². The van der Waals surface area contributed by atoms with E-state index in [1.165, 1.54) is 22.5 Å². The zero-order chi connectivity index (χ0) is 17.9. The summed E-state index contributed by atoms with van der Waals surface area (Å²) in [6, 6.07) is 9.65. The summed E-state index contributed by atoms with van der Waals surface area (Å²) < 4.78 is 32.9. The Kier molecular flexibility index (Phi) is 5.78. The van der Waals surface area contributed by atoms with Gasteiger partial charge in [0.2, 0.25) is 0 Å². The second-order valence-corrected chi connectivity index (χ2v) is 9.46. The van der Waals surface area contributed by atoms with Crippen molar-refractivity contribution in [1.29, 1.82) is 0 Å². The molecule has 0 aliphatic carbocycles. The quantitative estimate of drug-likeness (QED) is 0.773. The first-order chi connectivity index (χ1) is 11.9. The van der Waals surface area contributed by atoms with E-state index in [4.69, 9.17) is 4.74 Å². The highest BCUT2D eigenvalue weighted by atomic mass is 32.2. The molecule has 0 radical (unpaired) electrons. The van der Waals surface area contributed by atoms with Gasteiger partial charge in [0, 0.05) is 32.7 Å². The summed E-state index contributed by atoms with van der Waals surface area (Å²) in [6.07, 6.45) is 0. The van der Waals surface area contributed by atoms with Gasteiger partial charge in [0.05, 0.1) is 0 Å². The lowest BCUT2D eigenvalue weighted by Crippen LogP contribution is -2.49. The highest BCUT2D eigenvalue weighted by Gasteiger charge is 2.28. The van der Waals surface area contributed by atoms with Crippen LogP contribution in [0, 0.1) is 13.8 Å². The summed E-state index contributed by atoms with van der Waals surface area (Å²) in [5, 5.41) is 1.80. The van der Waals surface area contributed by atoms with E-state index in [1.54, 1.807) is 21.8 Å². The van der Waals surface area contributed by atoms with E-state index in [-0.39, 0.29) is 0 Å². The fraction of sp³-hybridized carbons (Fsp3) is 0.444. The maximum atomic E-state index is 12.5. The first kappa shape index (κ1) is 18.4. The Morgan fingerprint density at radius 3 is 2.36 bits per heavy atom. The van der Waals surface area contributed by atoms with Crippen molar-refractivity contribution in [3.8, 4) is 5.75 Å². The molecule has 1 aliphatic rings. The Hall–Kier alpha value is -1.41. The Bertz CT molecular complexity index is 775. The van der Waals surface area contributed by atoms with Crippen LogP contribution in [-0.4, -0.2) is 57.0 Å². The molecule has 5 nitrogen and oxygen atoms in total. The number of ether oxygens (including phenoxy) is 1. The smallest absolute Gasteiger partial charge is 0.252 e. The topological polar surface area (TPSA) is 49.9 Å². The van der Waals surface area contributed by atoms with Gasteiger partial charge in [0.1, 0.15) is 16.6 Å². The molecule has 0 spiro atoms. The van der Waals surface area contributed by atoms with Crippen LogP contribution >= 0.6 is 11.3 Å². The van der Waals surface area contributed by atoms with E-state index < -0.39 is 10.0 Å². The predicted molar refractivity (Wildman–Crippen MR) is 101 cm³/mol. The van der Waals surface area contributed by atoms with E-state index in [9.17, 15) is 8.42 Å². The molecule has 2 heterocycles. The molecule has 0 atom stereocenters. The number of hydrogen-bond donors (Lipinski definition) is 0. The molecule has 25 heavy (non-hydrogen) atoms. The summed E-state index contributed by atoms with van der Waals surface area (Å²) in [7, 11) is -3.32. The SMILES string of the molecule is Cc1cc(C)cc(OCCN2CCN(S(=O)(=O)c3cccs3)CC2)c1. The molecule has 2 aromatic rings. The van der Waals surface area contributed by atoms with Crippen LogP contribution < -0.4 is 4.74 Å². The van der Waals surface area contributed by atoms with Crippen LogP contribution in [0.4, 0.5) is 0 Å². The number of aryl methyl sites for hydroxylation is 2. The molecule has 1 aromatic carbocycles. The van der Waals surface area contributed by atoms with Gasteiger partial charge in [-0.3, -0.25) is 4.90 Å². The monoisotopic (exact) mass is 380 g/mol. The third kappa shape index (κ3) is 4.61. The van der Waals surface area contributed by atoms with Crippen LogP contribution in [0.1, 0.15) is 11.1 Å². The third-order valence-electron chi connectivity index (χ3n) is 4.29. The average Bonchev–Trinajstić information content (AvgIpc) is 3.10. The first-order valence-electron chi connectivity index (χ1n) is 8.42. The minimum Gasteiger partial charge on any atom is -0.492 e. The molecule has 3 rings (SSSR count). The van der Waals surface area contributed by atoms with Gasteiger partial charge in [0.25, 0.3) is 10.0 Å². The minimum atomic E-state index is -3.32. The number of rotatable bonds is 6. The summed E-state index contributed by atoms with van der Waals surface area (Å²) in [5.41, 5.74) is 2.39. The van der Waals surface area contributed by atoms with Gasteiger partial charge in [-0.25, -0.2) is 8.42 Å². The zero-order valence-electron chi connectivity index (χ0n) is 14.6. The Morgan fingerprint density at radius 1 is 1.08 bits per heavy atom. The van der Waals surface area contributed by atoms with Gasteiger partial charge < -0.3 is 4.74 Å². The van der Waals surface area contributed by atoms with Crippen LogP contribution in [0.25, 0.3) is 0 Å². The third-order valence-corrected chi connectivity index (χ3v) is 7.56. The lowest BCUT2D eigenvalue weighted by atomic mass is 10.1. The molecule has 1 fully saturated rings. The molecule has 0 amide bonds. The van der Waals surface area contributed by atoms with Crippen molar-refractivity contribution < 1.29 is 13.2 Å². The number of sulfonamides is 1. The summed E-state index contributed by atoms with van der Waals surface area (Å²) in [4.78, 5) is 2.25. The number of thiophene rings is 1. The van der Waals surface area contributed by atoms with Crippen LogP contribution in [0.5, 0.6) is 5.75 Å². The lowest BCUT2D eigenvalue weighted by molar-refractivity contribution is 0.159. The Balaban J connectivity index is 1.47. The molecule has 0 saturated carbocycles. The lowest BCUT2D eigenvalue weighted by Gasteiger charge is -2.33. The molecule has 0 unspecified atom stereocenters. The van der Waals surface area contributed by atoms with E-state index in [2.05, 4.69) is 24.8 Å². The second kappa shape index (κ2) is 7.86. The Labute approximate surface area is 153 Å². The largest absolute Gasteiger partial charge is 0.492 e. The Morgan fingerprint density at radius 2 is 1.76 bits per heavy atom. The zero-order valence-corrected chi connectivity index (χ0v) is 16.3. The maximum absolute atomic E-state index is 12.5.